The van der Waals surface area contributed by atoms with Gasteiger partial charge in [-0.2, -0.15) is 0 Å². The number of aromatic nitrogens is 2. The molecule has 2 fully saturated rings. The minimum Gasteiger partial charge on any atom is -0.376 e. The zero-order chi connectivity index (χ0) is 16.5. The topological polar surface area (TPSA) is 67.4 Å². The van der Waals surface area contributed by atoms with E-state index < -0.39 is 0 Å². The highest BCUT2D eigenvalue weighted by atomic mass is 32.1. The second-order valence-corrected chi connectivity index (χ2v) is 7.49. The maximum absolute atomic E-state index is 12.6. The first-order valence-corrected chi connectivity index (χ1v) is 9.03. The fourth-order valence-corrected chi connectivity index (χ4v) is 4.18. The maximum atomic E-state index is 12.6. The molecule has 4 heterocycles. The van der Waals surface area contributed by atoms with Crippen LogP contribution < -0.4 is 5.32 Å². The number of hydrogen-bond donors (Lipinski definition) is 1. The van der Waals surface area contributed by atoms with Gasteiger partial charge in [0.2, 0.25) is 5.91 Å². The van der Waals surface area contributed by atoms with Crippen LogP contribution in [0.4, 0.5) is 5.69 Å². The summed E-state index contributed by atoms with van der Waals surface area (Å²) in [5.74, 6) is 0.181. The number of carbonyl (C=O) groups excluding carboxylic acids is 1. The van der Waals surface area contributed by atoms with Crippen molar-refractivity contribution in [1.82, 2.24) is 14.9 Å². The first-order valence-electron chi connectivity index (χ1n) is 8.15. The lowest BCUT2D eigenvalue weighted by atomic mass is 9.92. The summed E-state index contributed by atoms with van der Waals surface area (Å²) in [6.45, 7) is 5.11. The Hall–Kier alpha value is -1.83. The highest BCUT2D eigenvalue weighted by Gasteiger charge is 2.46. The molecule has 2 aliphatic rings. The van der Waals surface area contributed by atoms with Crippen LogP contribution in [0.5, 0.6) is 0 Å². The number of rotatable bonds is 4. The predicted octanol–water partition coefficient (Wildman–Crippen LogP) is 1.93. The zero-order valence-electron chi connectivity index (χ0n) is 13.5. The fourth-order valence-electron chi connectivity index (χ4n) is 3.57. The standard InChI is InChI=1S/C17H20N4O2S/c1-11-19-13(10-24-11)6-21-7-14-15(9-23-16(14)8-21)17(22)20-12-3-2-4-18-5-12/h2-5,10,14-16H,6-9H2,1H3,(H,20,22)/t14-,15+,16-/m1/s1. The first-order chi connectivity index (χ1) is 11.7. The highest BCUT2D eigenvalue weighted by Crippen LogP contribution is 2.35. The SMILES string of the molecule is Cc1nc(CN2C[C@@H]3[C@@H](C(=O)Nc4cccnc4)CO[C@@H]3C2)cs1. The number of fused-ring (bicyclic) bond motifs is 1. The highest BCUT2D eigenvalue weighted by molar-refractivity contribution is 7.09. The number of hydrogen-bond acceptors (Lipinski definition) is 6. The Bertz CT molecular complexity index is 720. The van der Waals surface area contributed by atoms with Crippen molar-refractivity contribution in [2.24, 2.45) is 11.8 Å². The average Bonchev–Trinajstić information content (AvgIpc) is 3.24. The van der Waals surface area contributed by atoms with Crippen LogP contribution in [0, 0.1) is 18.8 Å². The Morgan fingerprint density at radius 2 is 2.42 bits per heavy atom. The van der Waals surface area contributed by atoms with Crippen molar-refractivity contribution in [3.63, 3.8) is 0 Å². The Morgan fingerprint density at radius 1 is 1.50 bits per heavy atom. The van der Waals surface area contributed by atoms with Gasteiger partial charge in [0, 0.05) is 37.1 Å². The van der Waals surface area contributed by atoms with E-state index in [0.717, 1.165) is 36.0 Å². The molecule has 24 heavy (non-hydrogen) atoms. The molecule has 2 aromatic heterocycles. The van der Waals surface area contributed by atoms with Crippen molar-refractivity contribution in [2.45, 2.75) is 19.6 Å². The van der Waals surface area contributed by atoms with Crippen LogP contribution in [0.3, 0.4) is 0 Å². The van der Waals surface area contributed by atoms with E-state index in [0.29, 0.717) is 6.61 Å². The molecule has 0 aromatic carbocycles. The number of likely N-dealkylation sites (tertiary alicyclic amines) is 1. The van der Waals surface area contributed by atoms with Crippen LogP contribution in [0.15, 0.2) is 29.9 Å². The molecule has 4 rings (SSSR count). The van der Waals surface area contributed by atoms with Gasteiger partial charge in [0.1, 0.15) is 0 Å². The number of amides is 1. The monoisotopic (exact) mass is 344 g/mol. The summed E-state index contributed by atoms with van der Waals surface area (Å²) < 4.78 is 5.89. The molecule has 2 saturated heterocycles. The van der Waals surface area contributed by atoms with Gasteiger partial charge in [0.25, 0.3) is 0 Å². The van der Waals surface area contributed by atoms with Gasteiger partial charge in [-0.25, -0.2) is 4.98 Å². The predicted molar refractivity (Wildman–Crippen MR) is 91.7 cm³/mol. The molecule has 0 saturated carbocycles. The summed E-state index contributed by atoms with van der Waals surface area (Å²) in [5, 5.41) is 6.15. The van der Waals surface area contributed by atoms with Gasteiger partial charge < -0.3 is 10.1 Å². The molecule has 0 aliphatic carbocycles. The summed E-state index contributed by atoms with van der Waals surface area (Å²) >= 11 is 1.68. The summed E-state index contributed by atoms with van der Waals surface area (Å²) in [5.41, 5.74) is 1.84. The first kappa shape index (κ1) is 15.7. The van der Waals surface area contributed by atoms with Crippen molar-refractivity contribution in [3.05, 3.63) is 40.6 Å². The molecule has 126 valence electrons. The van der Waals surface area contributed by atoms with E-state index in [9.17, 15) is 4.79 Å². The van der Waals surface area contributed by atoms with E-state index >= 15 is 0 Å². The van der Waals surface area contributed by atoms with Gasteiger partial charge in [-0.15, -0.1) is 11.3 Å². The lowest BCUT2D eigenvalue weighted by Gasteiger charge is -2.18. The van der Waals surface area contributed by atoms with Crippen molar-refractivity contribution < 1.29 is 9.53 Å². The molecule has 0 unspecified atom stereocenters. The maximum Gasteiger partial charge on any atom is 0.230 e. The number of anilines is 1. The van der Waals surface area contributed by atoms with E-state index in [1.165, 1.54) is 0 Å². The molecule has 6 nitrogen and oxygen atoms in total. The normalized spacial score (nSPS) is 26.5. The third-order valence-corrected chi connectivity index (χ3v) is 5.53. The molecule has 1 N–H and O–H groups in total. The van der Waals surface area contributed by atoms with Crippen molar-refractivity contribution in [1.29, 1.82) is 0 Å². The van der Waals surface area contributed by atoms with E-state index in [1.54, 1.807) is 23.7 Å². The van der Waals surface area contributed by atoms with Gasteiger partial charge >= 0.3 is 0 Å². The molecule has 2 aromatic rings. The molecule has 7 heteroatoms. The number of ether oxygens (including phenoxy) is 1. The Morgan fingerprint density at radius 3 is 3.17 bits per heavy atom. The van der Waals surface area contributed by atoms with Crippen LogP contribution in [-0.2, 0) is 16.1 Å². The number of pyridine rings is 1. The van der Waals surface area contributed by atoms with Crippen molar-refractivity contribution in [3.8, 4) is 0 Å². The van der Waals surface area contributed by atoms with Crippen molar-refractivity contribution in [2.75, 3.05) is 25.0 Å². The Labute approximate surface area is 144 Å². The summed E-state index contributed by atoms with van der Waals surface area (Å²) in [6, 6.07) is 3.67. The van der Waals surface area contributed by atoms with Gasteiger partial charge in [0.05, 0.1) is 41.2 Å². The smallest absolute Gasteiger partial charge is 0.230 e. The lowest BCUT2D eigenvalue weighted by molar-refractivity contribution is -0.120. The van der Waals surface area contributed by atoms with Crippen LogP contribution in [0.1, 0.15) is 10.7 Å². The van der Waals surface area contributed by atoms with E-state index in [1.807, 2.05) is 19.1 Å². The number of aryl methyl sites for hydroxylation is 1. The third-order valence-electron chi connectivity index (χ3n) is 4.71. The molecule has 2 aliphatic heterocycles. The minimum absolute atomic E-state index is 0.0295. The second-order valence-electron chi connectivity index (χ2n) is 6.43. The molecular formula is C17H20N4O2S. The number of nitrogens with zero attached hydrogens (tertiary/aromatic N) is 3. The van der Waals surface area contributed by atoms with Crippen LogP contribution in [-0.4, -0.2) is 46.6 Å². The van der Waals surface area contributed by atoms with Crippen LogP contribution in [0.2, 0.25) is 0 Å². The zero-order valence-corrected chi connectivity index (χ0v) is 14.3. The van der Waals surface area contributed by atoms with E-state index in [4.69, 9.17) is 4.74 Å². The van der Waals surface area contributed by atoms with Crippen molar-refractivity contribution >= 4 is 22.9 Å². The largest absolute Gasteiger partial charge is 0.376 e. The lowest BCUT2D eigenvalue weighted by Crippen LogP contribution is -2.31. The number of thiazole rings is 1. The molecule has 1 amide bonds. The third kappa shape index (κ3) is 3.19. The fraction of sp³-hybridized carbons (Fsp3) is 0.471. The summed E-state index contributed by atoms with van der Waals surface area (Å²) in [4.78, 5) is 23.5. The molecule has 0 spiro atoms. The van der Waals surface area contributed by atoms with Gasteiger partial charge in [-0.05, 0) is 19.1 Å². The quantitative estimate of drug-likeness (QED) is 0.918. The number of carbonyl (C=O) groups is 1. The van der Waals surface area contributed by atoms with E-state index in [-0.39, 0.29) is 23.8 Å². The summed E-state index contributed by atoms with van der Waals surface area (Å²) in [6.07, 6.45) is 3.50. The Balaban J connectivity index is 1.38. The van der Waals surface area contributed by atoms with Gasteiger partial charge in [-0.1, -0.05) is 0 Å². The van der Waals surface area contributed by atoms with Crippen LogP contribution >= 0.6 is 11.3 Å². The second kappa shape index (κ2) is 6.58. The Kier molecular flexibility index (Phi) is 4.30. The molecule has 3 atom stereocenters. The minimum atomic E-state index is -0.0997. The number of nitrogens with one attached hydrogen (secondary N) is 1. The van der Waals surface area contributed by atoms with Crippen LogP contribution in [0.25, 0.3) is 0 Å². The average molecular weight is 344 g/mol. The van der Waals surface area contributed by atoms with Gasteiger partial charge in [0.15, 0.2) is 0 Å². The molecule has 0 bridgehead atoms. The molecular weight excluding hydrogens is 324 g/mol. The van der Waals surface area contributed by atoms with Gasteiger partial charge in [-0.3, -0.25) is 14.7 Å². The summed E-state index contributed by atoms with van der Waals surface area (Å²) in [7, 11) is 0. The molecule has 0 radical (unpaired) electrons. The van der Waals surface area contributed by atoms with E-state index in [2.05, 4.69) is 25.6 Å².